The summed E-state index contributed by atoms with van der Waals surface area (Å²) in [5.41, 5.74) is 3.31. The van der Waals surface area contributed by atoms with Gasteiger partial charge in [-0.25, -0.2) is 4.98 Å². The summed E-state index contributed by atoms with van der Waals surface area (Å²) in [6.45, 7) is 11.2. The van der Waals surface area contributed by atoms with Crippen LogP contribution in [0.25, 0.3) is 0 Å². The number of carbonyl (C=O) groups is 1. The van der Waals surface area contributed by atoms with Gasteiger partial charge in [0.05, 0.1) is 26.4 Å². The first-order valence-electron chi connectivity index (χ1n) is 11.1. The smallest absolute Gasteiger partial charge is 0.274 e. The number of benzene rings is 1. The van der Waals surface area contributed by atoms with Crippen molar-refractivity contribution in [3.05, 3.63) is 41.1 Å². The number of aromatic nitrogens is 2. The first-order valence-corrected chi connectivity index (χ1v) is 11.1. The second-order valence-electron chi connectivity index (χ2n) is 8.05. The van der Waals surface area contributed by atoms with Crippen LogP contribution in [0.1, 0.15) is 21.6 Å². The maximum absolute atomic E-state index is 13.0. The van der Waals surface area contributed by atoms with Crippen molar-refractivity contribution in [1.29, 1.82) is 0 Å². The third-order valence-electron chi connectivity index (χ3n) is 5.74. The number of rotatable bonds is 7. The van der Waals surface area contributed by atoms with E-state index in [2.05, 4.69) is 20.2 Å². The summed E-state index contributed by atoms with van der Waals surface area (Å²) in [6.07, 6.45) is 0. The van der Waals surface area contributed by atoms with Crippen LogP contribution in [0.5, 0.6) is 5.88 Å². The average molecular weight is 442 g/mol. The Morgan fingerprint density at radius 1 is 1.00 bits per heavy atom. The Morgan fingerprint density at radius 2 is 1.72 bits per heavy atom. The summed E-state index contributed by atoms with van der Waals surface area (Å²) >= 11 is 0. The molecule has 0 bridgehead atoms. The van der Waals surface area contributed by atoms with Crippen molar-refractivity contribution in [2.45, 2.75) is 13.8 Å². The lowest BCUT2D eigenvalue weighted by Crippen LogP contribution is -2.39. The molecule has 2 saturated heterocycles. The molecule has 172 valence electrons. The Bertz CT molecular complexity index is 927. The number of carbonyl (C=O) groups excluding carboxylic acids is 1. The number of morpholine rings is 2. The van der Waals surface area contributed by atoms with Gasteiger partial charge in [-0.15, -0.1) is 0 Å². The van der Waals surface area contributed by atoms with Crippen molar-refractivity contribution >= 4 is 17.5 Å². The molecule has 4 rings (SSSR count). The molecular formula is C23H31N5O4. The van der Waals surface area contributed by atoms with Crippen LogP contribution in [0.15, 0.2) is 24.3 Å². The number of hydrogen-bond donors (Lipinski definition) is 1. The highest BCUT2D eigenvalue weighted by molar-refractivity contribution is 6.03. The second kappa shape index (κ2) is 10.7. The molecule has 9 nitrogen and oxygen atoms in total. The van der Waals surface area contributed by atoms with E-state index >= 15 is 0 Å². The van der Waals surface area contributed by atoms with Crippen LogP contribution in [0, 0.1) is 13.8 Å². The molecule has 1 amide bonds. The quantitative estimate of drug-likeness (QED) is 0.697. The largest absolute Gasteiger partial charge is 0.476 e. The van der Waals surface area contributed by atoms with Gasteiger partial charge in [-0.3, -0.25) is 9.69 Å². The normalized spacial score (nSPS) is 17.2. The van der Waals surface area contributed by atoms with Crippen molar-refractivity contribution in [3.63, 3.8) is 0 Å². The third-order valence-corrected chi connectivity index (χ3v) is 5.74. The number of hydrogen-bond acceptors (Lipinski definition) is 8. The zero-order valence-corrected chi connectivity index (χ0v) is 18.8. The van der Waals surface area contributed by atoms with Crippen molar-refractivity contribution in [3.8, 4) is 5.88 Å². The predicted octanol–water partition coefficient (Wildman–Crippen LogP) is 1.89. The zero-order chi connectivity index (χ0) is 22.3. The van der Waals surface area contributed by atoms with Crippen LogP contribution in [0.4, 0.5) is 11.6 Å². The van der Waals surface area contributed by atoms with Gasteiger partial charge in [-0.1, -0.05) is 6.07 Å². The topological polar surface area (TPSA) is 89.0 Å². The van der Waals surface area contributed by atoms with Gasteiger partial charge in [-0.05, 0) is 37.1 Å². The fourth-order valence-electron chi connectivity index (χ4n) is 3.63. The minimum Gasteiger partial charge on any atom is -0.476 e. The third kappa shape index (κ3) is 5.93. The molecule has 0 atom stereocenters. The first-order chi connectivity index (χ1) is 15.6. The van der Waals surface area contributed by atoms with Crippen LogP contribution in [-0.2, 0) is 9.47 Å². The van der Waals surface area contributed by atoms with Crippen molar-refractivity contribution in [2.24, 2.45) is 0 Å². The van der Waals surface area contributed by atoms with Crippen LogP contribution >= 0.6 is 0 Å². The molecule has 0 spiro atoms. The molecule has 0 radical (unpaired) electrons. The number of aryl methyl sites for hydroxylation is 2. The Labute approximate surface area is 188 Å². The van der Waals surface area contributed by atoms with Gasteiger partial charge in [0.15, 0.2) is 0 Å². The van der Waals surface area contributed by atoms with Crippen LogP contribution in [0.3, 0.4) is 0 Å². The number of amides is 1. The number of nitrogens with one attached hydrogen (secondary N) is 1. The van der Waals surface area contributed by atoms with Gasteiger partial charge in [0.1, 0.15) is 12.3 Å². The molecule has 2 aliphatic heterocycles. The van der Waals surface area contributed by atoms with Crippen LogP contribution in [0.2, 0.25) is 0 Å². The van der Waals surface area contributed by atoms with E-state index in [1.807, 2.05) is 36.9 Å². The summed E-state index contributed by atoms with van der Waals surface area (Å²) in [5, 5.41) is 2.94. The van der Waals surface area contributed by atoms with Gasteiger partial charge in [-0.2, -0.15) is 4.98 Å². The maximum Gasteiger partial charge on any atom is 0.274 e. The standard InChI is InChI=1S/C23H31N5O4/c1-17-3-4-19(15-18(17)2)24-22(29)20-16-21(32-14-7-27-5-10-30-11-6-27)26-23(25-20)28-8-12-31-13-9-28/h3-4,15-16H,5-14H2,1-2H3,(H,24,29). The molecule has 0 unspecified atom stereocenters. The SMILES string of the molecule is Cc1ccc(NC(=O)c2cc(OCCN3CCOCC3)nc(N3CCOCC3)n2)cc1C. The summed E-state index contributed by atoms with van der Waals surface area (Å²) in [6, 6.07) is 7.45. The highest BCUT2D eigenvalue weighted by atomic mass is 16.5. The Kier molecular flexibility index (Phi) is 7.51. The van der Waals surface area contributed by atoms with Crippen molar-refractivity contribution in [2.75, 3.05) is 76.0 Å². The molecule has 0 aliphatic carbocycles. The van der Waals surface area contributed by atoms with Gasteiger partial charge in [0, 0.05) is 44.5 Å². The highest BCUT2D eigenvalue weighted by Gasteiger charge is 2.19. The molecule has 2 aromatic rings. The minimum atomic E-state index is -0.289. The van der Waals surface area contributed by atoms with E-state index in [1.54, 1.807) is 6.07 Å². The Balaban J connectivity index is 1.49. The van der Waals surface area contributed by atoms with E-state index in [-0.39, 0.29) is 11.6 Å². The van der Waals surface area contributed by atoms with Gasteiger partial charge < -0.3 is 24.4 Å². The maximum atomic E-state index is 13.0. The lowest BCUT2D eigenvalue weighted by molar-refractivity contribution is 0.0320. The first kappa shape index (κ1) is 22.4. The van der Waals surface area contributed by atoms with Crippen molar-refractivity contribution in [1.82, 2.24) is 14.9 Å². The molecular weight excluding hydrogens is 410 g/mol. The molecule has 1 N–H and O–H groups in total. The lowest BCUT2D eigenvalue weighted by atomic mass is 10.1. The molecule has 1 aromatic heterocycles. The highest BCUT2D eigenvalue weighted by Crippen LogP contribution is 2.20. The molecule has 9 heteroatoms. The van der Waals surface area contributed by atoms with E-state index in [0.29, 0.717) is 44.7 Å². The predicted molar refractivity (Wildman–Crippen MR) is 122 cm³/mol. The summed E-state index contributed by atoms with van der Waals surface area (Å²) < 4.78 is 16.8. The molecule has 2 aliphatic rings. The van der Waals surface area contributed by atoms with E-state index in [0.717, 1.165) is 44.1 Å². The Hall–Kier alpha value is -2.75. The van der Waals surface area contributed by atoms with E-state index < -0.39 is 0 Å². The summed E-state index contributed by atoms with van der Waals surface area (Å²) in [5.74, 6) is 0.602. The molecule has 0 saturated carbocycles. The minimum absolute atomic E-state index is 0.279. The molecule has 2 fully saturated rings. The fourth-order valence-corrected chi connectivity index (χ4v) is 3.63. The number of anilines is 2. The van der Waals surface area contributed by atoms with Gasteiger partial charge in [0.2, 0.25) is 11.8 Å². The molecule has 3 heterocycles. The average Bonchev–Trinajstić information content (AvgIpc) is 2.82. The van der Waals surface area contributed by atoms with E-state index in [9.17, 15) is 4.79 Å². The Morgan fingerprint density at radius 3 is 2.44 bits per heavy atom. The van der Waals surface area contributed by atoms with Crippen LogP contribution in [-0.4, -0.2) is 86.5 Å². The summed E-state index contributed by atoms with van der Waals surface area (Å²) in [7, 11) is 0. The zero-order valence-electron chi connectivity index (χ0n) is 18.8. The lowest BCUT2D eigenvalue weighted by Gasteiger charge is -2.27. The monoisotopic (exact) mass is 441 g/mol. The second-order valence-corrected chi connectivity index (χ2v) is 8.05. The van der Waals surface area contributed by atoms with Crippen molar-refractivity contribution < 1.29 is 19.0 Å². The van der Waals surface area contributed by atoms with Gasteiger partial charge in [0.25, 0.3) is 5.91 Å². The fraction of sp³-hybridized carbons (Fsp3) is 0.522. The van der Waals surface area contributed by atoms with E-state index in [4.69, 9.17) is 14.2 Å². The summed E-state index contributed by atoms with van der Waals surface area (Å²) in [4.78, 5) is 26.4. The number of nitrogens with zero attached hydrogens (tertiary/aromatic N) is 4. The molecule has 1 aromatic carbocycles. The van der Waals surface area contributed by atoms with E-state index in [1.165, 1.54) is 5.56 Å². The van der Waals surface area contributed by atoms with Crippen LogP contribution < -0.4 is 15.0 Å². The van der Waals surface area contributed by atoms with Gasteiger partial charge >= 0.3 is 0 Å². The molecule has 32 heavy (non-hydrogen) atoms. The number of ether oxygens (including phenoxy) is 3.